The van der Waals surface area contributed by atoms with Crippen molar-refractivity contribution in [2.75, 3.05) is 30.8 Å². The van der Waals surface area contributed by atoms with Crippen molar-refractivity contribution in [3.05, 3.63) is 41.1 Å². The molecule has 6 heteroatoms. The number of aromatic nitrogens is 2. The second-order valence-corrected chi connectivity index (χ2v) is 6.98. The average Bonchev–Trinajstić information content (AvgIpc) is 2.54. The summed E-state index contributed by atoms with van der Waals surface area (Å²) >= 11 is 0. The van der Waals surface area contributed by atoms with Crippen LogP contribution in [0.5, 0.6) is 5.75 Å². The van der Waals surface area contributed by atoms with E-state index in [2.05, 4.69) is 42.0 Å². The summed E-state index contributed by atoms with van der Waals surface area (Å²) in [4.78, 5) is 10.8. The Balaban J connectivity index is 1.61. The average molecular weight is 341 g/mol. The van der Waals surface area contributed by atoms with Gasteiger partial charge in [-0.3, -0.25) is 0 Å². The first-order chi connectivity index (χ1) is 11.9. The van der Waals surface area contributed by atoms with Gasteiger partial charge in [-0.25, -0.2) is 4.98 Å². The zero-order valence-corrected chi connectivity index (χ0v) is 15.2. The van der Waals surface area contributed by atoms with Crippen LogP contribution in [0.3, 0.4) is 0 Å². The predicted octanol–water partition coefficient (Wildman–Crippen LogP) is 2.40. The Morgan fingerprint density at radius 2 is 1.96 bits per heavy atom. The number of nitrogens with two attached hydrogens (primary N) is 2. The van der Waals surface area contributed by atoms with E-state index in [0.717, 1.165) is 35.7 Å². The second kappa shape index (κ2) is 7.27. The number of hydrogen-bond donors (Lipinski definition) is 2. The van der Waals surface area contributed by atoms with E-state index in [9.17, 15) is 0 Å². The molecule has 4 N–H and O–H groups in total. The topological polar surface area (TPSA) is 90.3 Å². The highest BCUT2D eigenvalue weighted by Crippen LogP contribution is 2.35. The van der Waals surface area contributed by atoms with E-state index >= 15 is 0 Å². The summed E-state index contributed by atoms with van der Waals surface area (Å²) in [5.41, 5.74) is 15.1. The molecular formula is C19H27N5O. The van der Waals surface area contributed by atoms with Crippen LogP contribution < -0.4 is 21.1 Å². The molecule has 3 rings (SSSR count). The third-order valence-corrected chi connectivity index (χ3v) is 4.76. The van der Waals surface area contributed by atoms with E-state index < -0.39 is 0 Å². The zero-order valence-electron chi connectivity index (χ0n) is 15.2. The molecule has 1 heterocycles. The maximum atomic E-state index is 5.93. The highest BCUT2D eigenvalue weighted by molar-refractivity contribution is 5.44. The molecule has 0 unspecified atom stereocenters. The Morgan fingerprint density at radius 1 is 1.20 bits per heavy atom. The van der Waals surface area contributed by atoms with E-state index in [1.165, 1.54) is 5.56 Å². The van der Waals surface area contributed by atoms with E-state index in [-0.39, 0.29) is 6.04 Å². The van der Waals surface area contributed by atoms with Crippen molar-refractivity contribution < 1.29 is 4.74 Å². The van der Waals surface area contributed by atoms with Crippen LogP contribution in [0, 0.1) is 13.8 Å². The summed E-state index contributed by atoms with van der Waals surface area (Å²) in [5.74, 6) is 2.47. The summed E-state index contributed by atoms with van der Waals surface area (Å²) in [7, 11) is 1.99. The van der Waals surface area contributed by atoms with Crippen molar-refractivity contribution in [2.45, 2.75) is 38.6 Å². The molecule has 2 aromatic rings. The van der Waals surface area contributed by atoms with E-state index in [0.29, 0.717) is 25.0 Å². The van der Waals surface area contributed by atoms with Gasteiger partial charge in [-0.1, -0.05) is 12.1 Å². The summed E-state index contributed by atoms with van der Waals surface area (Å²) in [6, 6.07) is 8.54. The van der Waals surface area contributed by atoms with Crippen LogP contribution in [0.2, 0.25) is 0 Å². The lowest BCUT2D eigenvalue weighted by atomic mass is 9.78. The number of rotatable bonds is 6. The fourth-order valence-corrected chi connectivity index (χ4v) is 3.05. The molecule has 0 spiro atoms. The van der Waals surface area contributed by atoms with Gasteiger partial charge in [-0.15, -0.1) is 0 Å². The first-order valence-corrected chi connectivity index (χ1v) is 8.73. The van der Waals surface area contributed by atoms with Crippen LogP contribution in [-0.2, 0) is 0 Å². The Bertz CT molecular complexity index is 743. The molecule has 1 fully saturated rings. The van der Waals surface area contributed by atoms with Gasteiger partial charge in [0.25, 0.3) is 0 Å². The minimum atomic E-state index is 0.285. The molecule has 1 saturated carbocycles. The maximum absolute atomic E-state index is 5.93. The number of anilines is 2. The predicted molar refractivity (Wildman–Crippen MR) is 101 cm³/mol. The van der Waals surface area contributed by atoms with Gasteiger partial charge in [-0.05, 0) is 43.9 Å². The van der Waals surface area contributed by atoms with Gasteiger partial charge in [0.1, 0.15) is 18.2 Å². The third-order valence-electron chi connectivity index (χ3n) is 4.76. The van der Waals surface area contributed by atoms with Crippen LogP contribution in [0.15, 0.2) is 24.3 Å². The van der Waals surface area contributed by atoms with Crippen LogP contribution in [-0.4, -0.2) is 36.2 Å². The van der Waals surface area contributed by atoms with Gasteiger partial charge in [0, 0.05) is 25.1 Å². The molecule has 25 heavy (non-hydrogen) atoms. The van der Waals surface area contributed by atoms with Gasteiger partial charge < -0.3 is 21.1 Å². The minimum Gasteiger partial charge on any atom is -0.491 e. The van der Waals surface area contributed by atoms with Crippen molar-refractivity contribution in [1.82, 2.24) is 9.97 Å². The molecule has 0 bridgehead atoms. The fourth-order valence-electron chi connectivity index (χ4n) is 3.05. The van der Waals surface area contributed by atoms with Crippen LogP contribution in [0.4, 0.5) is 11.8 Å². The minimum absolute atomic E-state index is 0.285. The normalized spacial score (nSPS) is 19.4. The molecular weight excluding hydrogens is 314 g/mol. The second-order valence-electron chi connectivity index (χ2n) is 6.98. The molecule has 0 saturated heterocycles. The Hall–Kier alpha value is -2.34. The molecule has 0 amide bonds. The van der Waals surface area contributed by atoms with Crippen molar-refractivity contribution in [2.24, 2.45) is 5.73 Å². The van der Waals surface area contributed by atoms with E-state index in [1.54, 1.807) is 0 Å². The zero-order chi connectivity index (χ0) is 18.0. The molecule has 0 aliphatic heterocycles. The lowest BCUT2D eigenvalue weighted by Crippen LogP contribution is -2.35. The van der Waals surface area contributed by atoms with Crippen LogP contribution in [0.1, 0.15) is 35.6 Å². The molecule has 6 nitrogen and oxygen atoms in total. The lowest BCUT2D eigenvalue weighted by molar-refractivity contribution is 0.323. The summed E-state index contributed by atoms with van der Waals surface area (Å²) in [5, 5.41) is 0. The first-order valence-electron chi connectivity index (χ1n) is 8.73. The Kier molecular flexibility index (Phi) is 5.08. The largest absolute Gasteiger partial charge is 0.491 e. The van der Waals surface area contributed by atoms with Crippen LogP contribution >= 0.6 is 0 Å². The highest BCUT2D eigenvalue weighted by atomic mass is 16.5. The molecule has 1 aliphatic rings. The Morgan fingerprint density at radius 3 is 2.68 bits per heavy atom. The molecule has 0 atom stereocenters. The number of hydrogen-bond acceptors (Lipinski definition) is 6. The number of nitrogens with zero attached hydrogens (tertiary/aromatic N) is 3. The van der Waals surface area contributed by atoms with Crippen molar-refractivity contribution in [1.29, 1.82) is 0 Å². The molecule has 0 radical (unpaired) electrons. The van der Waals surface area contributed by atoms with Crippen molar-refractivity contribution >= 4 is 11.8 Å². The smallest absolute Gasteiger partial charge is 0.222 e. The maximum Gasteiger partial charge on any atom is 0.222 e. The standard InChI is InChI=1S/C19H27N5O/c1-12-4-5-13(2)17(8-12)25-7-6-24(3)18-11-16(22-19(21)23-18)14-9-15(20)10-14/h4-5,8,11,14-15H,6-7,9-10,20H2,1-3H3,(H2,21,22,23). The molecule has 1 aromatic carbocycles. The number of aryl methyl sites for hydroxylation is 2. The van der Waals surface area contributed by atoms with Gasteiger partial charge in [0.05, 0.1) is 12.2 Å². The molecule has 134 valence electrons. The SMILES string of the molecule is Cc1ccc(C)c(OCCN(C)c2cc(C3CC(N)C3)nc(N)n2)c1. The molecule has 1 aliphatic carbocycles. The number of ether oxygens (including phenoxy) is 1. The van der Waals surface area contributed by atoms with Gasteiger partial charge in [0.15, 0.2) is 0 Å². The number of likely N-dealkylation sites (N-methyl/N-ethyl adjacent to an activating group) is 1. The van der Waals surface area contributed by atoms with Gasteiger partial charge in [0.2, 0.25) is 5.95 Å². The molecule has 1 aromatic heterocycles. The monoisotopic (exact) mass is 341 g/mol. The Labute approximate surface area is 149 Å². The summed E-state index contributed by atoms with van der Waals surface area (Å²) < 4.78 is 5.93. The van der Waals surface area contributed by atoms with E-state index in [1.807, 2.05) is 18.0 Å². The third kappa shape index (κ3) is 4.20. The summed E-state index contributed by atoms with van der Waals surface area (Å²) in [6.45, 7) is 5.41. The van der Waals surface area contributed by atoms with Gasteiger partial charge >= 0.3 is 0 Å². The highest BCUT2D eigenvalue weighted by Gasteiger charge is 2.29. The summed E-state index contributed by atoms with van der Waals surface area (Å²) in [6.07, 6.45) is 1.94. The fraction of sp³-hybridized carbons (Fsp3) is 0.474. The number of nitrogen functional groups attached to an aromatic ring is 1. The first kappa shape index (κ1) is 17.5. The van der Waals surface area contributed by atoms with Crippen molar-refractivity contribution in [3.8, 4) is 5.75 Å². The van der Waals surface area contributed by atoms with Gasteiger partial charge in [-0.2, -0.15) is 4.98 Å². The quantitative estimate of drug-likeness (QED) is 0.838. The van der Waals surface area contributed by atoms with Crippen molar-refractivity contribution in [3.63, 3.8) is 0 Å². The number of benzene rings is 1. The van der Waals surface area contributed by atoms with E-state index in [4.69, 9.17) is 16.2 Å². The lowest BCUT2D eigenvalue weighted by Gasteiger charge is -2.32. The van der Waals surface area contributed by atoms with Crippen LogP contribution in [0.25, 0.3) is 0 Å².